The zero-order valence-electron chi connectivity index (χ0n) is 13.1. The van der Waals surface area contributed by atoms with Crippen LogP contribution in [0.25, 0.3) is 11.3 Å². The number of pyridine rings is 1. The van der Waals surface area contributed by atoms with Crippen LogP contribution >= 0.6 is 0 Å². The molecule has 0 spiro atoms. The third-order valence-corrected chi connectivity index (χ3v) is 3.94. The van der Waals surface area contributed by atoms with Gasteiger partial charge in [0.25, 0.3) is 11.5 Å². The Labute approximate surface area is 130 Å². The fourth-order valence-corrected chi connectivity index (χ4v) is 2.35. The van der Waals surface area contributed by atoms with Crippen LogP contribution in [0.2, 0.25) is 0 Å². The van der Waals surface area contributed by atoms with Gasteiger partial charge >= 0.3 is 0 Å². The Morgan fingerprint density at radius 2 is 1.77 bits per heavy atom. The van der Waals surface area contributed by atoms with Gasteiger partial charge in [0, 0.05) is 12.2 Å². The SMILES string of the molecule is CCC(CC)CNC(=O)c1ccc(-c2ccccc2)[nH]c1=O. The molecule has 2 N–H and O–H groups in total. The van der Waals surface area contributed by atoms with Gasteiger partial charge in [0.15, 0.2) is 0 Å². The van der Waals surface area contributed by atoms with Crippen molar-refractivity contribution in [3.05, 3.63) is 58.4 Å². The van der Waals surface area contributed by atoms with E-state index in [9.17, 15) is 9.59 Å². The maximum atomic E-state index is 12.1. The minimum Gasteiger partial charge on any atom is -0.352 e. The number of amides is 1. The minimum atomic E-state index is -0.358. The van der Waals surface area contributed by atoms with Crippen molar-refractivity contribution in [1.82, 2.24) is 10.3 Å². The van der Waals surface area contributed by atoms with Crippen LogP contribution in [0.4, 0.5) is 0 Å². The summed E-state index contributed by atoms with van der Waals surface area (Å²) in [5, 5.41) is 2.84. The van der Waals surface area contributed by atoms with Crippen LogP contribution in [0.15, 0.2) is 47.3 Å². The highest BCUT2D eigenvalue weighted by atomic mass is 16.2. The zero-order valence-corrected chi connectivity index (χ0v) is 13.1. The van der Waals surface area contributed by atoms with Crippen molar-refractivity contribution >= 4 is 5.91 Å². The van der Waals surface area contributed by atoms with Gasteiger partial charge in [-0.15, -0.1) is 0 Å². The van der Waals surface area contributed by atoms with Gasteiger partial charge in [0.05, 0.1) is 0 Å². The molecule has 22 heavy (non-hydrogen) atoms. The third-order valence-electron chi connectivity index (χ3n) is 3.94. The van der Waals surface area contributed by atoms with E-state index in [1.54, 1.807) is 12.1 Å². The van der Waals surface area contributed by atoms with E-state index in [1.807, 2.05) is 30.3 Å². The van der Waals surface area contributed by atoms with Crippen LogP contribution in [-0.2, 0) is 0 Å². The number of aromatic amines is 1. The number of H-pyrrole nitrogens is 1. The molecule has 1 heterocycles. The summed E-state index contributed by atoms with van der Waals surface area (Å²) in [6.07, 6.45) is 2.03. The molecule has 2 aromatic rings. The summed E-state index contributed by atoms with van der Waals surface area (Å²) in [7, 11) is 0. The number of rotatable bonds is 6. The predicted molar refractivity (Wildman–Crippen MR) is 88.9 cm³/mol. The molecule has 1 aromatic heterocycles. The van der Waals surface area contributed by atoms with E-state index in [1.165, 1.54) is 0 Å². The molecule has 0 radical (unpaired) electrons. The molecule has 0 fully saturated rings. The molecule has 1 amide bonds. The van der Waals surface area contributed by atoms with E-state index < -0.39 is 0 Å². The van der Waals surface area contributed by atoms with Gasteiger partial charge in [0.1, 0.15) is 5.56 Å². The Bertz CT molecular complexity index is 673. The lowest BCUT2D eigenvalue weighted by Gasteiger charge is -2.13. The normalized spacial score (nSPS) is 10.7. The Kier molecular flexibility index (Phi) is 5.53. The quantitative estimate of drug-likeness (QED) is 0.860. The molecule has 2 rings (SSSR count). The molecule has 1 aromatic carbocycles. The standard InChI is InChI=1S/C18H22N2O2/c1-3-13(4-2)12-19-17(21)15-10-11-16(20-18(15)22)14-8-6-5-7-9-14/h5-11,13H,3-4,12H2,1-2H3,(H,19,21)(H,20,22). The Hall–Kier alpha value is -2.36. The summed E-state index contributed by atoms with van der Waals surface area (Å²) in [6, 6.07) is 12.9. The van der Waals surface area contributed by atoms with Crippen molar-refractivity contribution in [2.45, 2.75) is 26.7 Å². The number of nitrogens with one attached hydrogen (secondary N) is 2. The van der Waals surface area contributed by atoms with Gasteiger partial charge in [-0.3, -0.25) is 9.59 Å². The van der Waals surface area contributed by atoms with E-state index in [0.717, 1.165) is 18.4 Å². The predicted octanol–water partition coefficient (Wildman–Crippen LogP) is 3.21. The summed E-state index contributed by atoms with van der Waals surface area (Å²) < 4.78 is 0. The highest BCUT2D eigenvalue weighted by Crippen LogP contribution is 2.14. The van der Waals surface area contributed by atoms with Crippen LogP contribution < -0.4 is 10.9 Å². The highest BCUT2D eigenvalue weighted by Gasteiger charge is 2.12. The summed E-state index contributed by atoms with van der Waals surface area (Å²) in [5.74, 6) is 0.138. The van der Waals surface area contributed by atoms with Crippen molar-refractivity contribution in [3.63, 3.8) is 0 Å². The molecule has 4 nitrogen and oxygen atoms in total. The van der Waals surface area contributed by atoms with Crippen LogP contribution in [0, 0.1) is 5.92 Å². The number of hydrogen-bond donors (Lipinski definition) is 2. The molecule has 116 valence electrons. The van der Waals surface area contributed by atoms with E-state index in [0.29, 0.717) is 18.2 Å². The smallest absolute Gasteiger partial charge is 0.261 e. The van der Waals surface area contributed by atoms with Crippen molar-refractivity contribution in [2.75, 3.05) is 6.54 Å². The number of carbonyl (C=O) groups is 1. The molecule has 0 aliphatic heterocycles. The van der Waals surface area contributed by atoms with Gasteiger partial charge in [-0.25, -0.2) is 0 Å². The van der Waals surface area contributed by atoms with Gasteiger partial charge in [-0.05, 0) is 23.6 Å². The van der Waals surface area contributed by atoms with E-state index >= 15 is 0 Å². The lowest BCUT2D eigenvalue weighted by atomic mass is 10.0. The van der Waals surface area contributed by atoms with Crippen molar-refractivity contribution in [3.8, 4) is 11.3 Å². The fourth-order valence-electron chi connectivity index (χ4n) is 2.35. The van der Waals surface area contributed by atoms with Gasteiger partial charge in [-0.2, -0.15) is 0 Å². The molecular weight excluding hydrogens is 276 g/mol. The van der Waals surface area contributed by atoms with E-state index in [-0.39, 0.29) is 17.0 Å². The van der Waals surface area contributed by atoms with Crippen molar-refractivity contribution in [1.29, 1.82) is 0 Å². The van der Waals surface area contributed by atoms with Crippen molar-refractivity contribution in [2.24, 2.45) is 5.92 Å². The Balaban J connectivity index is 2.13. The number of benzene rings is 1. The first-order chi connectivity index (χ1) is 10.7. The summed E-state index contributed by atoms with van der Waals surface area (Å²) in [4.78, 5) is 27.0. The molecule has 0 unspecified atom stereocenters. The molecule has 0 saturated heterocycles. The number of carbonyl (C=O) groups excluding carboxylic acids is 1. The molecular formula is C18H22N2O2. The molecule has 0 bridgehead atoms. The van der Waals surface area contributed by atoms with Crippen LogP contribution in [0.5, 0.6) is 0 Å². The second kappa shape index (κ2) is 7.59. The zero-order chi connectivity index (χ0) is 15.9. The molecule has 0 saturated carbocycles. The molecule has 4 heteroatoms. The highest BCUT2D eigenvalue weighted by molar-refractivity contribution is 5.94. The largest absolute Gasteiger partial charge is 0.352 e. The lowest BCUT2D eigenvalue weighted by molar-refractivity contribution is 0.0945. The average Bonchev–Trinajstić information content (AvgIpc) is 2.56. The summed E-state index contributed by atoms with van der Waals surface area (Å²) in [6.45, 7) is 4.80. The fraction of sp³-hybridized carbons (Fsp3) is 0.333. The summed E-state index contributed by atoms with van der Waals surface area (Å²) in [5.41, 5.74) is 1.43. The van der Waals surface area contributed by atoms with Gasteiger partial charge in [-0.1, -0.05) is 57.0 Å². The van der Waals surface area contributed by atoms with E-state index in [4.69, 9.17) is 0 Å². The Morgan fingerprint density at radius 3 is 2.36 bits per heavy atom. The monoisotopic (exact) mass is 298 g/mol. The lowest BCUT2D eigenvalue weighted by Crippen LogP contribution is -2.33. The maximum Gasteiger partial charge on any atom is 0.261 e. The second-order valence-electron chi connectivity index (χ2n) is 5.37. The second-order valence-corrected chi connectivity index (χ2v) is 5.37. The third kappa shape index (κ3) is 3.85. The maximum absolute atomic E-state index is 12.1. The van der Waals surface area contributed by atoms with Gasteiger partial charge < -0.3 is 10.3 Å². The average molecular weight is 298 g/mol. The number of hydrogen-bond acceptors (Lipinski definition) is 2. The molecule has 0 aliphatic rings. The molecule has 0 atom stereocenters. The van der Waals surface area contributed by atoms with Gasteiger partial charge in [0.2, 0.25) is 0 Å². The first-order valence-electron chi connectivity index (χ1n) is 7.72. The first kappa shape index (κ1) is 16.0. The topological polar surface area (TPSA) is 62.0 Å². The summed E-state index contributed by atoms with van der Waals surface area (Å²) >= 11 is 0. The first-order valence-corrected chi connectivity index (χ1v) is 7.72. The van der Waals surface area contributed by atoms with Crippen LogP contribution in [0.1, 0.15) is 37.0 Å². The number of aromatic nitrogens is 1. The van der Waals surface area contributed by atoms with Crippen LogP contribution in [0.3, 0.4) is 0 Å². The Morgan fingerprint density at radius 1 is 1.09 bits per heavy atom. The molecule has 0 aliphatic carbocycles. The van der Waals surface area contributed by atoms with Crippen molar-refractivity contribution < 1.29 is 4.79 Å². The van der Waals surface area contributed by atoms with E-state index in [2.05, 4.69) is 24.1 Å². The van der Waals surface area contributed by atoms with Crippen LogP contribution in [-0.4, -0.2) is 17.4 Å². The minimum absolute atomic E-state index is 0.158.